The Balaban J connectivity index is 1.11. The molecule has 0 saturated heterocycles. The SMILES string of the molecule is C1=CC2=C(CC1)C1(C3=C(C=C(c4cc(-c5ccc(-c6ccccc6)c6ccccc56)nc(-c5ccccc5)n4)CC3)Oc3ccccc31)c1ccccc12. The van der Waals surface area contributed by atoms with E-state index in [1.54, 1.807) is 0 Å². The molecule has 0 saturated carbocycles. The van der Waals surface area contributed by atoms with Crippen molar-refractivity contribution in [3.8, 4) is 39.5 Å². The highest BCUT2D eigenvalue weighted by molar-refractivity contribution is 6.04. The number of hydrogen-bond donors (Lipinski definition) is 0. The number of allylic oxidation sites excluding steroid dienone is 7. The van der Waals surface area contributed by atoms with E-state index in [-0.39, 0.29) is 5.41 Å². The zero-order valence-electron chi connectivity index (χ0n) is 29.8. The summed E-state index contributed by atoms with van der Waals surface area (Å²) in [6, 6.07) is 54.1. The molecule has 4 aliphatic rings. The van der Waals surface area contributed by atoms with Crippen LogP contribution in [0, 0.1) is 0 Å². The summed E-state index contributed by atoms with van der Waals surface area (Å²) in [6.45, 7) is 0. The monoisotopic (exact) mass is 692 g/mol. The molecule has 0 radical (unpaired) electrons. The van der Waals surface area contributed by atoms with Crippen molar-refractivity contribution in [3.05, 3.63) is 209 Å². The van der Waals surface area contributed by atoms with Gasteiger partial charge in [0.05, 0.1) is 16.8 Å². The topological polar surface area (TPSA) is 35.0 Å². The van der Waals surface area contributed by atoms with Crippen LogP contribution in [-0.4, -0.2) is 9.97 Å². The summed E-state index contributed by atoms with van der Waals surface area (Å²) >= 11 is 0. The van der Waals surface area contributed by atoms with Gasteiger partial charge < -0.3 is 4.74 Å². The minimum Gasteiger partial charge on any atom is -0.457 e. The lowest BCUT2D eigenvalue weighted by Gasteiger charge is -2.44. The number of nitrogens with zero attached hydrogens (tertiary/aromatic N) is 2. The normalized spacial score (nSPS) is 18.2. The van der Waals surface area contributed by atoms with Crippen LogP contribution in [-0.2, 0) is 5.41 Å². The van der Waals surface area contributed by atoms with Crippen molar-refractivity contribution in [2.24, 2.45) is 0 Å². The van der Waals surface area contributed by atoms with E-state index in [1.165, 1.54) is 60.9 Å². The van der Waals surface area contributed by atoms with E-state index in [1.807, 2.05) is 6.07 Å². The molecule has 1 aliphatic heterocycles. The van der Waals surface area contributed by atoms with Gasteiger partial charge in [-0.2, -0.15) is 0 Å². The van der Waals surface area contributed by atoms with Crippen molar-refractivity contribution in [2.45, 2.75) is 31.1 Å². The number of fused-ring (bicyclic) bond motifs is 8. The van der Waals surface area contributed by atoms with Gasteiger partial charge in [0, 0.05) is 16.7 Å². The lowest BCUT2D eigenvalue weighted by atomic mass is 9.61. The molecule has 1 atom stereocenters. The maximum atomic E-state index is 6.93. The van der Waals surface area contributed by atoms with Crippen molar-refractivity contribution in [3.63, 3.8) is 0 Å². The standard InChI is InChI=1S/C51H36N2O/c1-3-15-33(16-4-1)36-28-29-41(38-20-8-7-19-37(36)38)47-32-46(52-50(53-47)34-17-5-2-6-18-34)35-27-30-45-49(31-35)54-48-26-14-13-25-44(48)51(45)42-23-11-9-21-39(42)40-22-10-12-24-43(40)51/h1-11,13-23,25-26,28-29,31-32H,12,24,27,30H2. The van der Waals surface area contributed by atoms with Gasteiger partial charge >= 0.3 is 0 Å². The van der Waals surface area contributed by atoms with Crippen molar-refractivity contribution in [1.29, 1.82) is 0 Å². The second kappa shape index (κ2) is 12.2. The molecular formula is C51H36N2O. The number of benzene rings is 6. The van der Waals surface area contributed by atoms with E-state index in [0.717, 1.165) is 65.5 Å². The number of rotatable bonds is 4. The molecule has 11 rings (SSSR count). The van der Waals surface area contributed by atoms with Gasteiger partial charge in [0.2, 0.25) is 0 Å². The van der Waals surface area contributed by atoms with E-state index < -0.39 is 0 Å². The van der Waals surface area contributed by atoms with Gasteiger partial charge in [-0.1, -0.05) is 152 Å². The van der Waals surface area contributed by atoms with E-state index >= 15 is 0 Å². The molecule has 0 fully saturated rings. The van der Waals surface area contributed by atoms with Crippen molar-refractivity contribution >= 4 is 21.9 Å². The Morgan fingerprint density at radius 3 is 2.02 bits per heavy atom. The first kappa shape index (κ1) is 31.0. The Morgan fingerprint density at radius 2 is 1.19 bits per heavy atom. The molecular weight excluding hydrogens is 657 g/mol. The molecule has 1 aromatic heterocycles. The quantitative estimate of drug-likeness (QED) is 0.184. The third-order valence-corrected chi connectivity index (χ3v) is 11.8. The zero-order valence-corrected chi connectivity index (χ0v) is 29.8. The highest BCUT2D eigenvalue weighted by Crippen LogP contribution is 2.63. The van der Waals surface area contributed by atoms with Crippen LogP contribution in [0.15, 0.2) is 187 Å². The molecule has 3 nitrogen and oxygen atoms in total. The van der Waals surface area contributed by atoms with Crippen LogP contribution in [0.3, 0.4) is 0 Å². The summed E-state index contributed by atoms with van der Waals surface area (Å²) in [7, 11) is 0. The predicted molar refractivity (Wildman–Crippen MR) is 220 cm³/mol. The smallest absolute Gasteiger partial charge is 0.160 e. The Bertz CT molecular complexity index is 2790. The predicted octanol–water partition coefficient (Wildman–Crippen LogP) is 12.6. The number of aromatic nitrogens is 2. The fourth-order valence-corrected chi connectivity index (χ4v) is 9.54. The third-order valence-electron chi connectivity index (χ3n) is 11.8. The Labute approximate surface area is 315 Å². The molecule has 0 bridgehead atoms. The molecule has 1 unspecified atom stereocenters. The molecule has 3 aliphatic carbocycles. The molecule has 256 valence electrons. The van der Waals surface area contributed by atoms with Gasteiger partial charge in [0.15, 0.2) is 5.82 Å². The van der Waals surface area contributed by atoms with E-state index in [4.69, 9.17) is 14.7 Å². The van der Waals surface area contributed by atoms with Crippen LogP contribution < -0.4 is 4.74 Å². The molecule has 2 heterocycles. The molecule has 7 aromatic rings. The second-order valence-corrected chi connectivity index (χ2v) is 14.6. The number of ether oxygens (including phenoxy) is 1. The molecule has 0 amide bonds. The van der Waals surface area contributed by atoms with Crippen molar-refractivity contribution < 1.29 is 4.74 Å². The summed E-state index contributed by atoms with van der Waals surface area (Å²) in [4.78, 5) is 10.6. The minimum absolute atomic E-state index is 0.339. The van der Waals surface area contributed by atoms with Gasteiger partial charge in [0.1, 0.15) is 11.5 Å². The fourth-order valence-electron chi connectivity index (χ4n) is 9.54. The zero-order chi connectivity index (χ0) is 35.6. The lowest BCUT2D eigenvalue weighted by Crippen LogP contribution is -2.36. The van der Waals surface area contributed by atoms with Crippen molar-refractivity contribution in [2.75, 3.05) is 0 Å². The summed E-state index contributed by atoms with van der Waals surface area (Å²) in [5, 5.41) is 2.38. The largest absolute Gasteiger partial charge is 0.457 e. The molecule has 3 heteroatoms. The summed E-state index contributed by atoms with van der Waals surface area (Å²) in [6.07, 6.45) is 10.8. The first-order valence-electron chi connectivity index (χ1n) is 19.0. The van der Waals surface area contributed by atoms with Gasteiger partial charge in [-0.25, -0.2) is 9.97 Å². The molecule has 6 aromatic carbocycles. The molecule has 0 N–H and O–H groups in total. The van der Waals surface area contributed by atoms with E-state index in [0.29, 0.717) is 0 Å². The third kappa shape index (κ3) is 4.61. The van der Waals surface area contributed by atoms with Crippen LogP contribution in [0.2, 0.25) is 0 Å². The maximum Gasteiger partial charge on any atom is 0.160 e. The maximum absolute atomic E-state index is 6.93. The molecule has 54 heavy (non-hydrogen) atoms. The highest BCUT2D eigenvalue weighted by Gasteiger charge is 2.53. The Kier molecular flexibility index (Phi) is 7.03. The second-order valence-electron chi connectivity index (χ2n) is 14.6. The first-order valence-corrected chi connectivity index (χ1v) is 19.0. The van der Waals surface area contributed by atoms with Crippen LogP contribution in [0.25, 0.3) is 55.7 Å². The molecule has 1 spiro atoms. The van der Waals surface area contributed by atoms with Crippen LogP contribution >= 0.6 is 0 Å². The lowest BCUT2D eigenvalue weighted by molar-refractivity contribution is 0.386. The van der Waals surface area contributed by atoms with E-state index in [2.05, 4.69) is 164 Å². The first-order chi connectivity index (χ1) is 26.8. The highest BCUT2D eigenvalue weighted by atomic mass is 16.5. The Morgan fingerprint density at radius 1 is 0.519 bits per heavy atom. The fraction of sp³-hybridized carbons (Fsp3) is 0.0980. The average Bonchev–Trinajstić information content (AvgIpc) is 3.54. The van der Waals surface area contributed by atoms with Gasteiger partial charge in [0.25, 0.3) is 0 Å². The van der Waals surface area contributed by atoms with Gasteiger partial charge in [-0.3, -0.25) is 0 Å². The van der Waals surface area contributed by atoms with Crippen LogP contribution in [0.5, 0.6) is 5.75 Å². The minimum atomic E-state index is -0.339. The van der Waals surface area contributed by atoms with Gasteiger partial charge in [-0.05, 0) is 99.2 Å². The van der Waals surface area contributed by atoms with Crippen LogP contribution in [0.4, 0.5) is 0 Å². The van der Waals surface area contributed by atoms with Crippen molar-refractivity contribution in [1.82, 2.24) is 9.97 Å². The summed E-state index contributed by atoms with van der Waals surface area (Å²) in [5.41, 5.74) is 15.4. The Hall–Kier alpha value is -6.58. The van der Waals surface area contributed by atoms with Gasteiger partial charge in [-0.15, -0.1) is 0 Å². The summed E-state index contributed by atoms with van der Waals surface area (Å²) in [5.74, 6) is 2.61. The number of hydrogen-bond acceptors (Lipinski definition) is 3. The summed E-state index contributed by atoms with van der Waals surface area (Å²) < 4.78 is 6.93. The number of para-hydroxylation sites is 1. The average molecular weight is 693 g/mol. The van der Waals surface area contributed by atoms with E-state index in [9.17, 15) is 0 Å². The van der Waals surface area contributed by atoms with Crippen LogP contribution in [0.1, 0.15) is 48.1 Å².